The molecule has 1 aliphatic rings. The highest BCUT2D eigenvalue weighted by Gasteiger charge is 2.30. The summed E-state index contributed by atoms with van der Waals surface area (Å²) in [5, 5.41) is 3.00. The standard InChI is InChI=1S/C23H27NO/c1-15(2)19-12-13-23(4,5)21-11-8-17(14-20(19)21)22(25)24-18-9-6-16(3)7-10-18/h6-11,14H,12-13H2,1-5H3,(H,24,25). The number of allylic oxidation sites excluding steroid dienone is 2. The molecule has 0 spiro atoms. The van der Waals surface area contributed by atoms with Crippen molar-refractivity contribution in [1.82, 2.24) is 0 Å². The molecule has 2 heteroatoms. The average molecular weight is 333 g/mol. The number of hydrogen-bond donors (Lipinski definition) is 1. The molecule has 130 valence electrons. The molecular formula is C23H27NO. The lowest BCUT2D eigenvalue weighted by atomic mass is 9.70. The van der Waals surface area contributed by atoms with E-state index in [2.05, 4.69) is 45.1 Å². The van der Waals surface area contributed by atoms with Crippen LogP contribution in [0.15, 0.2) is 48.0 Å². The summed E-state index contributed by atoms with van der Waals surface area (Å²) in [5.74, 6) is -0.0526. The maximum atomic E-state index is 12.7. The molecule has 0 bridgehead atoms. The summed E-state index contributed by atoms with van der Waals surface area (Å²) in [4.78, 5) is 12.7. The van der Waals surface area contributed by atoms with Gasteiger partial charge in [0.05, 0.1) is 0 Å². The number of rotatable bonds is 2. The second-order valence-electron chi connectivity index (χ2n) is 7.94. The van der Waals surface area contributed by atoms with Crippen LogP contribution >= 0.6 is 0 Å². The first-order valence-electron chi connectivity index (χ1n) is 8.97. The van der Waals surface area contributed by atoms with E-state index < -0.39 is 0 Å². The first kappa shape index (κ1) is 17.5. The molecule has 2 aromatic rings. The summed E-state index contributed by atoms with van der Waals surface area (Å²) in [5.41, 5.74) is 8.20. The number of fused-ring (bicyclic) bond motifs is 1. The first-order valence-corrected chi connectivity index (χ1v) is 8.97. The molecule has 0 heterocycles. The predicted octanol–water partition coefficient (Wildman–Crippen LogP) is 6.11. The summed E-state index contributed by atoms with van der Waals surface area (Å²) in [6, 6.07) is 14.1. The Balaban J connectivity index is 1.96. The number of anilines is 1. The first-order chi connectivity index (χ1) is 11.8. The molecule has 0 radical (unpaired) electrons. The highest BCUT2D eigenvalue weighted by atomic mass is 16.1. The summed E-state index contributed by atoms with van der Waals surface area (Å²) < 4.78 is 0. The maximum absolute atomic E-state index is 12.7. The topological polar surface area (TPSA) is 29.1 Å². The van der Waals surface area contributed by atoms with Crippen LogP contribution in [0, 0.1) is 6.92 Å². The molecule has 0 fully saturated rings. The molecule has 0 saturated carbocycles. The largest absolute Gasteiger partial charge is 0.322 e. The number of amides is 1. The Kier molecular flexibility index (Phi) is 4.55. The number of carbonyl (C=O) groups excluding carboxylic acids is 1. The van der Waals surface area contributed by atoms with Gasteiger partial charge in [-0.05, 0) is 80.0 Å². The van der Waals surface area contributed by atoms with Gasteiger partial charge in [-0.1, -0.05) is 43.2 Å². The third kappa shape index (κ3) is 3.53. The number of aryl methyl sites for hydroxylation is 1. The Morgan fingerprint density at radius 2 is 1.72 bits per heavy atom. The fourth-order valence-corrected chi connectivity index (χ4v) is 3.59. The molecule has 1 aliphatic carbocycles. The highest BCUT2D eigenvalue weighted by Crippen LogP contribution is 2.43. The Hall–Kier alpha value is -2.35. The molecule has 0 atom stereocenters. The number of hydrogen-bond acceptors (Lipinski definition) is 1. The van der Waals surface area contributed by atoms with Crippen molar-refractivity contribution in [2.75, 3.05) is 5.32 Å². The SMILES string of the molecule is CC(C)=C1CCC(C)(C)c2ccc(C(=O)Nc3ccc(C)cc3)cc21. The van der Waals surface area contributed by atoms with Crippen LogP contribution in [-0.4, -0.2) is 5.91 Å². The molecule has 3 rings (SSSR count). The fourth-order valence-electron chi connectivity index (χ4n) is 3.59. The van der Waals surface area contributed by atoms with Gasteiger partial charge in [0.1, 0.15) is 0 Å². The van der Waals surface area contributed by atoms with Gasteiger partial charge < -0.3 is 5.32 Å². The Bertz CT molecular complexity index is 837. The molecule has 0 unspecified atom stereocenters. The van der Waals surface area contributed by atoms with E-state index in [9.17, 15) is 4.79 Å². The van der Waals surface area contributed by atoms with E-state index >= 15 is 0 Å². The molecule has 0 aliphatic heterocycles. The minimum Gasteiger partial charge on any atom is -0.322 e. The van der Waals surface area contributed by atoms with Gasteiger partial charge in [-0.15, -0.1) is 0 Å². The Labute approximate surface area is 151 Å². The predicted molar refractivity (Wildman–Crippen MR) is 106 cm³/mol. The van der Waals surface area contributed by atoms with Crippen LogP contribution in [0.4, 0.5) is 5.69 Å². The molecule has 25 heavy (non-hydrogen) atoms. The molecule has 0 aromatic heterocycles. The molecular weight excluding hydrogens is 306 g/mol. The molecule has 0 saturated heterocycles. The molecule has 2 nitrogen and oxygen atoms in total. The second kappa shape index (κ2) is 6.51. The van der Waals surface area contributed by atoms with Crippen molar-refractivity contribution in [2.45, 2.75) is 52.9 Å². The van der Waals surface area contributed by atoms with Gasteiger partial charge in [0.2, 0.25) is 0 Å². The third-order valence-corrected chi connectivity index (χ3v) is 5.25. The van der Waals surface area contributed by atoms with Crippen LogP contribution in [0.1, 0.15) is 67.6 Å². The highest BCUT2D eigenvalue weighted by molar-refractivity contribution is 6.05. The van der Waals surface area contributed by atoms with Crippen molar-refractivity contribution in [3.05, 3.63) is 70.3 Å². The van der Waals surface area contributed by atoms with Crippen molar-refractivity contribution in [1.29, 1.82) is 0 Å². The fraction of sp³-hybridized carbons (Fsp3) is 0.348. The number of nitrogens with one attached hydrogen (secondary N) is 1. The lowest BCUT2D eigenvalue weighted by molar-refractivity contribution is 0.102. The van der Waals surface area contributed by atoms with E-state index in [1.54, 1.807) is 0 Å². The van der Waals surface area contributed by atoms with Gasteiger partial charge in [-0.2, -0.15) is 0 Å². The maximum Gasteiger partial charge on any atom is 0.255 e. The van der Waals surface area contributed by atoms with Gasteiger partial charge in [0.15, 0.2) is 0 Å². The van der Waals surface area contributed by atoms with Crippen molar-refractivity contribution < 1.29 is 4.79 Å². The minimum atomic E-state index is -0.0526. The van der Waals surface area contributed by atoms with Crippen LogP contribution in [0.3, 0.4) is 0 Å². The van der Waals surface area contributed by atoms with E-state index in [1.807, 2.05) is 37.3 Å². The van der Waals surface area contributed by atoms with Gasteiger partial charge in [0, 0.05) is 11.3 Å². The number of carbonyl (C=O) groups is 1. The van der Waals surface area contributed by atoms with Crippen molar-refractivity contribution in [2.24, 2.45) is 0 Å². The summed E-state index contributed by atoms with van der Waals surface area (Å²) in [6.07, 6.45) is 2.22. The smallest absolute Gasteiger partial charge is 0.255 e. The van der Waals surface area contributed by atoms with Crippen molar-refractivity contribution >= 4 is 17.2 Å². The van der Waals surface area contributed by atoms with E-state index in [1.165, 1.54) is 27.8 Å². The monoisotopic (exact) mass is 333 g/mol. The van der Waals surface area contributed by atoms with Gasteiger partial charge in [-0.25, -0.2) is 0 Å². The Morgan fingerprint density at radius 1 is 1.04 bits per heavy atom. The zero-order valence-corrected chi connectivity index (χ0v) is 15.9. The summed E-state index contributed by atoms with van der Waals surface area (Å²) in [7, 11) is 0. The van der Waals surface area contributed by atoms with Crippen LogP contribution < -0.4 is 5.32 Å². The van der Waals surface area contributed by atoms with Crippen molar-refractivity contribution in [3.8, 4) is 0 Å². The van der Waals surface area contributed by atoms with E-state index in [0.717, 1.165) is 24.1 Å². The molecule has 1 N–H and O–H groups in total. The van der Waals surface area contributed by atoms with Crippen LogP contribution in [0.2, 0.25) is 0 Å². The van der Waals surface area contributed by atoms with E-state index in [-0.39, 0.29) is 11.3 Å². The summed E-state index contributed by atoms with van der Waals surface area (Å²) >= 11 is 0. The quantitative estimate of drug-likeness (QED) is 0.705. The second-order valence-corrected chi connectivity index (χ2v) is 7.94. The lowest BCUT2D eigenvalue weighted by Gasteiger charge is -2.35. The Morgan fingerprint density at radius 3 is 2.36 bits per heavy atom. The van der Waals surface area contributed by atoms with Crippen LogP contribution in [0.25, 0.3) is 5.57 Å². The summed E-state index contributed by atoms with van der Waals surface area (Å²) in [6.45, 7) is 10.9. The van der Waals surface area contributed by atoms with Gasteiger partial charge in [0.25, 0.3) is 5.91 Å². The van der Waals surface area contributed by atoms with Crippen molar-refractivity contribution in [3.63, 3.8) is 0 Å². The van der Waals surface area contributed by atoms with Crippen LogP contribution in [-0.2, 0) is 5.41 Å². The normalized spacial score (nSPS) is 15.5. The van der Waals surface area contributed by atoms with Crippen LogP contribution in [0.5, 0.6) is 0 Å². The van der Waals surface area contributed by atoms with Gasteiger partial charge >= 0.3 is 0 Å². The number of benzene rings is 2. The van der Waals surface area contributed by atoms with Gasteiger partial charge in [-0.3, -0.25) is 4.79 Å². The van der Waals surface area contributed by atoms with E-state index in [4.69, 9.17) is 0 Å². The molecule has 1 amide bonds. The minimum absolute atomic E-state index is 0.0526. The van der Waals surface area contributed by atoms with E-state index in [0.29, 0.717) is 0 Å². The zero-order chi connectivity index (χ0) is 18.2. The zero-order valence-electron chi connectivity index (χ0n) is 15.9. The third-order valence-electron chi connectivity index (χ3n) is 5.25. The average Bonchev–Trinajstić information content (AvgIpc) is 2.56. The lowest BCUT2D eigenvalue weighted by Crippen LogP contribution is -2.24. The molecule has 2 aromatic carbocycles.